The van der Waals surface area contributed by atoms with Gasteiger partial charge in [-0.2, -0.15) is 0 Å². The van der Waals surface area contributed by atoms with E-state index in [4.69, 9.17) is 0 Å². The van der Waals surface area contributed by atoms with Gasteiger partial charge in [0.15, 0.2) is 0 Å². The minimum atomic E-state index is -0.437. The zero-order chi connectivity index (χ0) is 12.3. The third kappa shape index (κ3) is 2.81. The van der Waals surface area contributed by atoms with Crippen LogP contribution in [0.2, 0.25) is 0 Å². The van der Waals surface area contributed by atoms with Gasteiger partial charge in [0.25, 0.3) is 0 Å². The van der Waals surface area contributed by atoms with Gasteiger partial charge in [0.2, 0.25) is 5.91 Å². The van der Waals surface area contributed by atoms with Crippen LogP contribution < -0.4 is 10.2 Å². The van der Waals surface area contributed by atoms with Crippen molar-refractivity contribution in [2.45, 2.75) is 6.42 Å². The highest BCUT2D eigenvalue weighted by Crippen LogP contribution is 2.18. The summed E-state index contributed by atoms with van der Waals surface area (Å²) in [5.74, 6) is -0.437. The summed E-state index contributed by atoms with van der Waals surface area (Å²) in [6.45, 7) is 1.69. The Morgan fingerprint density at radius 3 is 2.88 bits per heavy atom. The Labute approximate surface area is 98.4 Å². The monoisotopic (exact) mass is 236 g/mol. The van der Waals surface area contributed by atoms with Crippen molar-refractivity contribution >= 4 is 17.9 Å². The molecule has 0 unspecified atom stereocenters. The Morgan fingerprint density at radius 2 is 2.12 bits per heavy atom. The molecule has 1 aromatic carbocycles. The maximum absolute atomic E-state index is 13.3. The summed E-state index contributed by atoms with van der Waals surface area (Å²) in [5.41, 5.74) is 0.951. The van der Waals surface area contributed by atoms with E-state index < -0.39 is 5.82 Å². The molecule has 0 radical (unpaired) electrons. The van der Waals surface area contributed by atoms with Crippen molar-refractivity contribution in [2.75, 3.05) is 24.5 Å². The summed E-state index contributed by atoms with van der Waals surface area (Å²) >= 11 is 0. The van der Waals surface area contributed by atoms with E-state index in [1.54, 1.807) is 6.07 Å². The van der Waals surface area contributed by atoms with Crippen LogP contribution in [0.1, 0.15) is 16.8 Å². The minimum absolute atomic E-state index is 0.000450. The maximum Gasteiger partial charge on any atom is 0.221 e. The molecule has 1 aromatic rings. The molecule has 1 aliphatic rings. The van der Waals surface area contributed by atoms with Crippen LogP contribution >= 0.6 is 0 Å². The third-order valence-electron chi connectivity index (χ3n) is 2.72. The standard InChI is InChI=1S/C12H13FN2O2/c13-10-5-9(8-16)6-11(7-10)15-3-1-12(17)14-2-4-15/h5-8H,1-4H2,(H,14,17). The smallest absolute Gasteiger partial charge is 0.221 e. The van der Waals surface area contributed by atoms with Crippen molar-refractivity contribution in [1.82, 2.24) is 5.32 Å². The summed E-state index contributed by atoms with van der Waals surface area (Å²) in [6, 6.07) is 4.20. The lowest BCUT2D eigenvalue weighted by Crippen LogP contribution is -2.28. The minimum Gasteiger partial charge on any atom is -0.369 e. The van der Waals surface area contributed by atoms with Gasteiger partial charge in [-0.25, -0.2) is 4.39 Å². The topological polar surface area (TPSA) is 49.4 Å². The Bertz CT molecular complexity index is 448. The molecule has 2 rings (SSSR count). The summed E-state index contributed by atoms with van der Waals surface area (Å²) in [6.07, 6.45) is 1.00. The zero-order valence-electron chi connectivity index (χ0n) is 9.28. The van der Waals surface area contributed by atoms with E-state index in [0.29, 0.717) is 43.6 Å². The highest BCUT2D eigenvalue weighted by Gasteiger charge is 2.14. The average molecular weight is 236 g/mol. The Hall–Kier alpha value is -1.91. The number of aldehydes is 1. The Kier molecular flexibility index (Phi) is 3.37. The molecular weight excluding hydrogens is 223 g/mol. The van der Waals surface area contributed by atoms with Crippen LogP contribution in [0.15, 0.2) is 18.2 Å². The second-order valence-corrected chi connectivity index (χ2v) is 3.95. The van der Waals surface area contributed by atoms with Gasteiger partial charge in [0, 0.05) is 37.3 Å². The molecule has 0 saturated carbocycles. The lowest BCUT2D eigenvalue weighted by atomic mass is 10.2. The van der Waals surface area contributed by atoms with Crippen LogP contribution in [0, 0.1) is 5.82 Å². The highest BCUT2D eigenvalue weighted by molar-refractivity contribution is 5.79. The van der Waals surface area contributed by atoms with Crippen molar-refractivity contribution in [2.24, 2.45) is 0 Å². The van der Waals surface area contributed by atoms with Crippen molar-refractivity contribution in [3.8, 4) is 0 Å². The van der Waals surface area contributed by atoms with E-state index in [0.717, 1.165) is 0 Å². The van der Waals surface area contributed by atoms with Crippen LogP contribution in [0.3, 0.4) is 0 Å². The molecule has 1 fully saturated rings. The van der Waals surface area contributed by atoms with E-state index in [9.17, 15) is 14.0 Å². The number of hydrogen-bond acceptors (Lipinski definition) is 3. The number of carbonyl (C=O) groups is 2. The molecule has 0 aromatic heterocycles. The molecule has 4 nitrogen and oxygen atoms in total. The number of rotatable bonds is 2. The van der Waals surface area contributed by atoms with E-state index in [1.807, 2.05) is 4.90 Å². The molecule has 0 atom stereocenters. The Balaban J connectivity index is 2.23. The van der Waals surface area contributed by atoms with Crippen LogP contribution in [0.4, 0.5) is 10.1 Å². The maximum atomic E-state index is 13.3. The largest absolute Gasteiger partial charge is 0.369 e. The predicted octanol–water partition coefficient (Wildman–Crippen LogP) is 0.964. The number of benzene rings is 1. The van der Waals surface area contributed by atoms with Crippen LogP contribution in [0.25, 0.3) is 0 Å². The number of hydrogen-bond donors (Lipinski definition) is 1. The summed E-state index contributed by atoms with van der Waals surface area (Å²) in [5, 5.41) is 2.74. The van der Waals surface area contributed by atoms with Crippen molar-refractivity contribution in [3.63, 3.8) is 0 Å². The van der Waals surface area contributed by atoms with Crippen LogP contribution in [0.5, 0.6) is 0 Å². The first-order valence-corrected chi connectivity index (χ1v) is 5.46. The predicted molar refractivity (Wildman–Crippen MR) is 61.6 cm³/mol. The van der Waals surface area contributed by atoms with Gasteiger partial charge in [-0.3, -0.25) is 9.59 Å². The summed E-state index contributed by atoms with van der Waals surface area (Å²) < 4.78 is 13.3. The van der Waals surface area contributed by atoms with E-state index in [-0.39, 0.29) is 5.91 Å². The van der Waals surface area contributed by atoms with Crippen LogP contribution in [-0.4, -0.2) is 31.8 Å². The molecule has 1 heterocycles. The zero-order valence-corrected chi connectivity index (χ0v) is 9.28. The van der Waals surface area contributed by atoms with Crippen LogP contribution in [-0.2, 0) is 4.79 Å². The van der Waals surface area contributed by atoms with E-state index >= 15 is 0 Å². The van der Waals surface area contributed by atoms with E-state index in [1.165, 1.54) is 12.1 Å². The SMILES string of the molecule is O=Cc1cc(F)cc(N2CCNC(=O)CC2)c1. The number of anilines is 1. The third-order valence-corrected chi connectivity index (χ3v) is 2.72. The number of nitrogens with one attached hydrogen (secondary N) is 1. The fraction of sp³-hybridized carbons (Fsp3) is 0.333. The van der Waals surface area contributed by atoms with Crippen molar-refractivity contribution in [1.29, 1.82) is 0 Å². The van der Waals surface area contributed by atoms with Gasteiger partial charge < -0.3 is 10.2 Å². The lowest BCUT2D eigenvalue weighted by molar-refractivity contribution is -0.120. The van der Waals surface area contributed by atoms with Gasteiger partial charge in [-0.1, -0.05) is 0 Å². The first-order chi connectivity index (χ1) is 8.19. The second kappa shape index (κ2) is 4.95. The average Bonchev–Trinajstić information content (AvgIpc) is 2.53. The molecule has 1 N–H and O–H groups in total. The fourth-order valence-electron chi connectivity index (χ4n) is 1.87. The van der Waals surface area contributed by atoms with E-state index in [2.05, 4.69) is 5.32 Å². The molecule has 17 heavy (non-hydrogen) atoms. The molecule has 1 aliphatic heterocycles. The number of nitrogens with zero attached hydrogens (tertiary/aromatic N) is 1. The number of halogens is 1. The molecule has 0 spiro atoms. The quantitative estimate of drug-likeness (QED) is 0.778. The van der Waals surface area contributed by atoms with Gasteiger partial charge in [-0.05, 0) is 18.2 Å². The normalized spacial score (nSPS) is 16.3. The fourth-order valence-corrected chi connectivity index (χ4v) is 1.87. The molecule has 1 amide bonds. The summed E-state index contributed by atoms with van der Waals surface area (Å²) in [7, 11) is 0. The Morgan fingerprint density at radius 1 is 1.29 bits per heavy atom. The van der Waals surface area contributed by atoms with Gasteiger partial charge in [0.1, 0.15) is 12.1 Å². The molecule has 1 saturated heterocycles. The second-order valence-electron chi connectivity index (χ2n) is 3.95. The number of amides is 1. The van der Waals surface area contributed by atoms with Gasteiger partial charge in [-0.15, -0.1) is 0 Å². The van der Waals surface area contributed by atoms with Crippen molar-refractivity contribution < 1.29 is 14.0 Å². The number of carbonyl (C=O) groups excluding carboxylic acids is 2. The first-order valence-electron chi connectivity index (χ1n) is 5.46. The molecule has 0 bridgehead atoms. The molecule has 5 heteroatoms. The first kappa shape index (κ1) is 11.6. The van der Waals surface area contributed by atoms with Crippen molar-refractivity contribution in [3.05, 3.63) is 29.6 Å². The molecule has 90 valence electrons. The lowest BCUT2D eigenvalue weighted by Gasteiger charge is -2.22. The molecular formula is C12H13FN2O2. The van der Waals surface area contributed by atoms with Gasteiger partial charge >= 0.3 is 0 Å². The van der Waals surface area contributed by atoms with Gasteiger partial charge in [0.05, 0.1) is 0 Å². The summed E-state index contributed by atoms with van der Waals surface area (Å²) in [4.78, 5) is 23.7. The molecule has 0 aliphatic carbocycles. The highest BCUT2D eigenvalue weighted by atomic mass is 19.1.